The summed E-state index contributed by atoms with van der Waals surface area (Å²) in [5, 5.41) is 11.2. The SMILES string of the molecule is CCNC(=NCc1ccc(C)cc1OC1CCCC1)NCC(c1cnn(C)c1)N(C)C. The van der Waals surface area contributed by atoms with Gasteiger partial charge in [-0.2, -0.15) is 5.10 Å². The fraction of sp³-hybridized carbons (Fsp3) is 0.583. The number of ether oxygens (including phenoxy) is 1. The molecule has 0 amide bonds. The number of benzene rings is 1. The smallest absolute Gasteiger partial charge is 0.191 e. The highest BCUT2D eigenvalue weighted by atomic mass is 16.5. The van der Waals surface area contributed by atoms with Crippen LogP contribution in [0.2, 0.25) is 0 Å². The van der Waals surface area contributed by atoms with Gasteiger partial charge >= 0.3 is 0 Å². The lowest BCUT2D eigenvalue weighted by molar-refractivity contribution is 0.208. The van der Waals surface area contributed by atoms with Gasteiger partial charge < -0.3 is 20.3 Å². The summed E-state index contributed by atoms with van der Waals surface area (Å²) < 4.78 is 8.19. The second-order valence-electron chi connectivity index (χ2n) is 8.64. The van der Waals surface area contributed by atoms with Crippen molar-refractivity contribution in [2.24, 2.45) is 12.0 Å². The first-order chi connectivity index (χ1) is 15.0. The van der Waals surface area contributed by atoms with Gasteiger partial charge in [0.2, 0.25) is 0 Å². The van der Waals surface area contributed by atoms with Crippen LogP contribution >= 0.6 is 0 Å². The highest BCUT2D eigenvalue weighted by Crippen LogP contribution is 2.28. The normalized spacial score (nSPS) is 16.0. The number of nitrogens with zero attached hydrogens (tertiary/aromatic N) is 4. The zero-order valence-electron chi connectivity index (χ0n) is 19.7. The van der Waals surface area contributed by atoms with E-state index in [2.05, 4.69) is 73.0 Å². The Morgan fingerprint density at radius 1 is 1.29 bits per heavy atom. The lowest BCUT2D eigenvalue weighted by atomic mass is 10.1. The van der Waals surface area contributed by atoms with Crippen molar-refractivity contribution in [1.82, 2.24) is 25.3 Å². The maximum atomic E-state index is 6.34. The van der Waals surface area contributed by atoms with Crippen molar-refractivity contribution in [2.45, 2.75) is 58.2 Å². The van der Waals surface area contributed by atoms with Crippen molar-refractivity contribution < 1.29 is 4.74 Å². The van der Waals surface area contributed by atoms with Crippen molar-refractivity contribution in [2.75, 3.05) is 27.2 Å². The second-order valence-corrected chi connectivity index (χ2v) is 8.64. The molecule has 0 bridgehead atoms. The van der Waals surface area contributed by atoms with Crippen LogP contribution in [0.3, 0.4) is 0 Å². The zero-order chi connectivity index (χ0) is 22.2. The van der Waals surface area contributed by atoms with Gasteiger partial charge in [-0.3, -0.25) is 4.68 Å². The highest BCUT2D eigenvalue weighted by molar-refractivity contribution is 5.79. The monoisotopic (exact) mass is 426 g/mol. The van der Waals surface area contributed by atoms with E-state index < -0.39 is 0 Å². The molecular formula is C24H38N6O. The first kappa shape index (κ1) is 23.1. The number of aliphatic imine (C=N–C) groups is 1. The molecule has 1 aliphatic rings. The molecule has 1 aliphatic carbocycles. The van der Waals surface area contributed by atoms with Crippen molar-refractivity contribution in [3.63, 3.8) is 0 Å². The van der Waals surface area contributed by atoms with E-state index in [9.17, 15) is 0 Å². The number of likely N-dealkylation sites (N-methyl/N-ethyl adjacent to an activating group) is 1. The van der Waals surface area contributed by atoms with Crippen LogP contribution in [0.25, 0.3) is 0 Å². The van der Waals surface area contributed by atoms with Gasteiger partial charge in [-0.15, -0.1) is 0 Å². The molecule has 1 heterocycles. The van der Waals surface area contributed by atoms with Gasteiger partial charge in [0.05, 0.1) is 24.9 Å². The summed E-state index contributed by atoms with van der Waals surface area (Å²) >= 11 is 0. The zero-order valence-corrected chi connectivity index (χ0v) is 19.7. The van der Waals surface area contributed by atoms with E-state index in [0.717, 1.165) is 43.2 Å². The van der Waals surface area contributed by atoms with Gasteiger partial charge in [-0.25, -0.2) is 4.99 Å². The van der Waals surface area contributed by atoms with Crippen LogP contribution in [0.1, 0.15) is 55.3 Å². The minimum atomic E-state index is 0.207. The number of aryl methyl sites for hydroxylation is 2. The third kappa shape index (κ3) is 6.72. The topological polar surface area (TPSA) is 66.7 Å². The Labute approximate surface area is 186 Å². The van der Waals surface area contributed by atoms with Gasteiger partial charge in [-0.1, -0.05) is 12.1 Å². The van der Waals surface area contributed by atoms with E-state index in [1.165, 1.54) is 24.0 Å². The Kier molecular flexibility index (Phi) is 8.35. The summed E-state index contributed by atoms with van der Waals surface area (Å²) in [5.41, 5.74) is 3.53. The molecule has 1 saturated carbocycles. The molecule has 1 unspecified atom stereocenters. The summed E-state index contributed by atoms with van der Waals surface area (Å²) in [6, 6.07) is 6.63. The summed E-state index contributed by atoms with van der Waals surface area (Å²) in [6.45, 7) is 6.33. The summed E-state index contributed by atoms with van der Waals surface area (Å²) in [5.74, 6) is 1.79. The van der Waals surface area contributed by atoms with E-state index in [4.69, 9.17) is 9.73 Å². The number of nitrogens with one attached hydrogen (secondary N) is 2. The van der Waals surface area contributed by atoms with Crippen LogP contribution in [-0.4, -0.2) is 53.9 Å². The maximum Gasteiger partial charge on any atom is 0.191 e. The fourth-order valence-corrected chi connectivity index (χ4v) is 4.00. The second kappa shape index (κ2) is 11.2. The molecule has 2 N–H and O–H groups in total. The van der Waals surface area contributed by atoms with Crippen LogP contribution in [0.15, 0.2) is 35.6 Å². The van der Waals surface area contributed by atoms with Gasteiger partial charge in [0.15, 0.2) is 5.96 Å². The van der Waals surface area contributed by atoms with Gasteiger partial charge in [-0.05, 0) is 65.3 Å². The molecule has 1 fully saturated rings. The third-order valence-corrected chi connectivity index (χ3v) is 5.77. The largest absolute Gasteiger partial charge is 0.490 e. The van der Waals surface area contributed by atoms with E-state index in [1.54, 1.807) is 0 Å². The predicted octanol–water partition coefficient (Wildman–Crippen LogP) is 3.41. The minimum Gasteiger partial charge on any atom is -0.490 e. The van der Waals surface area contributed by atoms with Crippen LogP contribution in [0, 0.1) is 6.92 Å². The van der Waals surface area contributed by atoms with Gasteiger partial charge in [0.25, 0.3) is 0 Å². The van der Waals surface area contributed by atoms with Crippen molar-refractivity contribution in [3.05, 3.63) is 47.3 Å². The number of hydrogen-bond donors (Lipinski definition) is 2. The van der Waals surface area contributed by atoms with Crippen LogP contribution in [0.5, 0.6) is 5.75 Å². The predicted molar refractivity (Wildman–Crippen MR) is 127 cm³/mol. The molecular weight excluding hydrogens is 388 g/mol. The molecule has 0 spiro atoms. The van der Waals surface area contributed by atoms with Crippen LogP contribution in [-0.2, 0) is 13.6 Å². The first-order valence-electron chi connectivity index (χ1n) is 11.4. The molecule has 31 heavy (non-hydrogen) atoms. The first-order valence-corrected chi connectivity index (χ1v) is 11.4. The quantitative estimate of drug-likeness (QED) is 0.475. The maximum absolute atomic E-state index is 6.34. The Bertz CT molecular complexity index is 854. The molecule has 0 aliphatic heterocycles. The summed E-state index contributed by atoms with van der Waals surface area (Å²) in [4.78, 5) is 7.05. The standard InChI is InChI=1S/C24H38N6O/c1-6-25-24(27-16-22(29(3)4)20-15-28-30(5)17-20)26-14-19-12-11-18(2)13-23(19)31-21-9-7-8-10-21/h11-13,15,17,21-22H,6-10,14,16H2,1-5H3,(H2,25,26,27). The van der Waals surface area contributed by atoms with Crippen LogP contribution < -0.4 is 15.4 Å². The number of hydrogen-bond acceptors (Lipinski definition) is 4. The molecule has 0 radical (unpaired) electrons. The summed E-state index contributed by atoms with van der Waals surface area (Å²) in [7, 11) is 6.12. The van der Waals surface area contributed by atoms with Crippen LogP contribution in [0.4, 0.5) is 0 Å². The summed E-state index contributed by atoms with van der Waals surface area (Å²) in [6.07, 6.45) is 9.17. The van der Waals surface area contributed by atoms with E-state index >= 15 is 0 Å². The number of guanidine groups is 1. The average molecular weight is 427 g/mol. The molecule has 1 aromatic carbocycles. The van der Waals surface area contributed by atoms with E-state index in [1.807, 2.05) is 17.9 Å². The average Bonchev–Trinajstić information content (AvgIpc) is 3.39. The highest BCUT2D eigenvalue weighted by Gasteiger charge is 2.19. The van der Waals surface area contributed by atoms with Crippen molar-refractivity contribution in [1.29, 1.82) is 0 Å². The lowest BCUT2D eigenvalue weighted by Gasteiger charge is -2.24. The van der Waals surface area contributed by atoms with E-state index in [-0.39, 0.29) is 6.04 Å². The minimum absolute atomic E-state index is 0.207. The van der Waals surface area contributed by atoms with Gasteiger partial charge in [0, 0.05) is 37.5 Å². The van der Waals surface area contributed by atoms with Crippen molar-refractivity contribution in [3.8, 4) is 5.75 Å². The van der Waals surface area contributed by atoms with Gasteiger partial charge in [0.1, 0.15) is 5.75 Å². The lowest BCUT2D eigenvalue weighted by Crippen LogP contribution is -2.41. The van der Waals surface area contributed by atoms with E-state index in [0.29, 0.717) is 12.6 Å². The molecule has 7 nitrogen and oxygen atoms in total. The molecule has 170 valence electrons. The molecule has 1 atom stereocenters. The molecule has 0 saturated heterocycles. The Morgan fingerprint density at radius 3 is 2.71 bits per heavy atom. The number of aromatic nitrogens is 2. The molecule has 3 rings (SSSR count). The molecule has 2 aromatic rings. The fourth-order valence-electron chi connectivity index (χ4n) is 4.00. The Hall–Kier alpha value is -2.54. The Morgan fingerprint density at radius 2 is 2.06 bits per heavy atom. The third-order valence-electron chi connectivity index (χ3n) is 5.77. The molecule has 1 aromatic heterocycles. The molecule has 7 heteroatoms. The Balaban J connectivity index is 1.69. The van der Waals surface area contributed by atoms with Crippen molar-refractivity contribution >= 4 is 5.96 Å². The number of rotatable bonds is 9.